The fourth-order valence-electron chi connectivity index (χ4n) is 1.79. The molecular formula is C15H10ClNO2. The summed E-state index contributed by atoms with van der Waals surface area (Å²) >= 11 is 5.81. The summed E-state index contributed by atoms with van der Waals surface area (Å²) in [6.07, 6.45) is 0. The van der Waals surface area contributed by atoms with Crippen molar-refractivity contribution in [3.63, 3.8) is 0 Å². The summed E-state index contributed by atoms with van der Waals surface area (Å²) in [7, 11) is 0. The molecule has 1 heterocycles. The van der Waals surface area contributed by atoms with Gasteiger partial charge in [-0.15, -0.1) is 0 Å². The van der Waals surface area contributed by atoms with Crippen LogP contribution >= 0.6 is 11.6 Å². The smallest absolute Gasteiger partial charge is 0.219 e. The van der Waals surface area contributed by atoms with Crippen LogP contribution in [-0.2, 0) is 0 Å². The largest absolute Gasteiger partial charge is 0.506 e. The number of pyridine rings is 1. The third-order valence-corrected chi connectivity index (χ3v) is 2.96. The van der Waals surface area contributed by atoms with E-state index in [0.29, 0.717) is 22.2 Å². The van der Waals surface area contributed by atoms with Gasteiger partial charge in [0.2, 0.25) is 5.88 Å². The number of hydrogen-bond donors (Lipinski definition) is 1. The Bertz CT molecular complexity index is 726. The number of para-hydroxylation sites is 1. The highest BCUT2D eigenvalue weighted by molar-refractivity contribution is 6.30. The van der Waals surface area contributed by atoms with Crippen LogP contribution in [0.5, 0.6) is 17.4 Å². The minimum Gasteiger partial charge on any atom is -0.506 e. The first-order valence-electron chi connectivity index (χ1n) is 5.74. The lowest BCUT2D eigenvalue weighted by Crippen LogP contribution is -1.88. The molecule has 19 heavy (non-hydrogen) atoms. The minimum absolute atomic E-state index is 0.138. The Morgan fingerprint density at radius 2 is 1.74 bits per heavy atom. The molecule has 3 nitrogen and oxygen atoms in total. The Hall–Kier alpha value is -2.26. The number of benzene rings is 2. The predicted molar refractivity (Wildman–Crippen MR) is 74.9 cm³/mol. The van der Waals surface area contributed by atoms with Crippen LogP contribution in [-0.4, -0.2) is 10.1 Å². The highest BCUT2D eigenvalue weighted by Crippen LogP contribution is 2.27. The van der Waals surface area contributed by atoms with Crippen LogP contribution in [0.1, 0.15) is 0 Å². The number of fused-ring (bicyclic) bond motifs is 1. The van der Waals surface area contributed by atoms with Gasteiger partial charge in [-0.25, -0.2) is 4.98 Å². The predicted octanol–water partition coefficient (Wildman–Crippen LogP) is 4.39. The lowest BCUT2D eigenvalue weighted by atomic mass is 10.2. The van der Waals surface area contributed by atoms with E-state index in [-0.39, 0.29) is 5.75 Å². The van der Waals surface area contributed by atoms with Gasteiger partial charge in [0, 0.05) is 16.5 Å². The molecule has 0 unspecified atom stereocenters. The summed E-state index contributed by atoms with van der Waals surface area (Å²) < 4.78 is 5.62. The topological polar surface area (TPSA) is 42.4 Å². The van der Waals surface area contributed by atoms with Crippen molar-refractivity contribution in [3.8, 4) is 17.4 Å². The van der Waals surface area contributed by atoms with Gasteiger partial charge in [-0.3, -0.25) is 0 Å². The first-order valence-corrected chi connectivity index (χ1v) is 6.12. The number of phenols is 1. The van der Waals surface area contributed by atoms with Crippen molar-refractivity contribution < 1.29 is 9.84 Å². The van der Waals surface area contributed by atoms with E-state index < -0.39 is 0 Å². The minimum atomic E-state index is 0.138. The van der Waals surface area contributed by atoms with E-state index in [4.69, 9.17) is 16.3 Å². The molecule has 3 aromatic rings. The number of phenolic OH excluding ortho intramolecular Hbond substituents is 1. The van der Waals surface area contributed by atoms with Gasteiger partial charge in [-0.05, 0) is 36.4 Å². The van der Waals surface area contributed by atoms with Crippen LogP contribution in [0.25, 0.3) is 10.9 Å². The second-order valence-corrected chi connectivity index (χ2v) is 4.49. The molecule has 0 aliphatic rings. The van der Waals surface area contributed by atoms with Crippen molar-refractivity contribution >= 4 is 22.5 Å². The standard InChI is InChI=1S/C15H10ClNO2/c16-11-5-7-12(8-6-11)19-14-9-4-10-2-1-3-13(18)15(10)17-14/h1-9,18H. The Morgan fingerprint density at radius 1 is 0.947 bits per heavy atom. The maximum absolute atomic E-state index is 9.76. The summed E-state index contributed by atoms with van der Waals surface area (Å²) in [5.74, 6) is 1.21. The number of hydrogen-bond acceptors (Lipinski definition) is 3. The molecule has 0 aliphatic carbocycles. The van der Waals surface area contributed by atoms with E-state index in [1.807, 2.05) is 12.1 Å². The molecule has 1 N–H and O–H groups in total. The molecule has 94 valence electrons. The van der Waals surface area contributed by atoms with Crippen LogP contribution in [0.2, 0.25) is 5.02 Å². The third-order valence-electron chi connectivity index (χ3n) is 2.71. The van der Waals surface area contributed by atoms with Gasteiger partial charge >= 0.3 is 0 Å². The first-order chi connectivity index (χ1) is 9.22. The zero-order chi connectivity index (χ0) is 13.2. The van der Waals surface area contributed by atoms with Gasteiger partial charge in [0.25, 0.3) is 0 Å². The van der Waals surface area contributed by atoms with Crippen molar-refractivity contribution in [1.82, 2.24) is 4.98 Å². The molecule has 0 radical (unpaired) electrons. The van der Waals surface area contributed by atoms with Crippen LogP contribution in [0.3, 0.4) is 0 Å². The zero-order valence-corrected chi connectivity index (χ0v) is 10.6. The molecule has 0 bridgehead atoms. The number of aromatic nitrogens is 1. The lowest BCUT2D eigenvalue weighted by molar-refractivity contribution is 0.460. The Balaban J connectivity index is 1.97. The first kappa shape index (κ1) is 11.8. The summed E-state index contributed by atoms with van der Waals surface area (Å²) in [5, 5.41) is 11.3. The fraction of sp³-hybridized carbons (Fsp3) is 0. The fourth-order valence-corrected chi connectivity index (χ4v) is 1.92. The van der Waals surface area contributed by atoms with E-state index in [1.165, 1.54) is 0 Å². The molecule has 0 aliphatic heterocycles. The third kappa shape index (κ3) is 2.46. The van der Waals surface area contributed by atoms with Gasteiger partial charge in [0.1, 0.15) is 17.0 Å². The van der Waals surface area contributed by atoms with E-state index in [1.54, 1.807) is 42.5 Å². The van der Waals surface area contributed by atoms with Gasteiger partial charge in [-0.2, -0.15) is 0 Å². The Morgan fingerprint density at radius 3 is 2.53 bits per heavy atom. The lowest BCUT2D eigenvalue weighted by Gasteiger charge is -2.06. The van der Waals surface area contributed by atoms with Crippen molar-refractivity contribution in [2.24, 2.45) is 0 Å². The SMILES string of the molecule is Oc1cccc2ccc(Oc3ccc(Cl)cc3)nc12. The van der Waals surface area contributed by atoms with Crippen molar-refractivity contribution in [1.29, 1.82) is 0 Å². The van der Waals surface area contributed by atoms with Gasteiger partial charge in [0.05, 0.1) is 0 Å². The number of ether oxygens (including phenoxy) is 1. The van der Waals surface area contributed by atoms with Crippen molar-refractivity contribution in [3.05, 3.63) is 59.6 Å². The average molecular weight is 272 g/mol. The molecule has 0 amide bonds. The van der Waals surface area contributed by atoms with E-state index in [0.717, 1.165) is 5.39 Å². The van der Waals surface area contributed by atoms with E-state index in [2.05, 4.69) is 4.98 Å². The summed E-state index contributed by atoms with van der Waals surface area (Å²) in [6.45, 7) is 0. The molecule has 0 saturated heterocycles. The number of nitrogens with zero attached hydrogens (tertiary/aromatic N) is 1. The summed E-state index contributed by atoms with van der Waals surface area (Å²) in [5.41, 5.74) is 0.522. The average Bonchev–Trinajstić information content (AvgIpc) is 2.42. The molecule has 0 spiro atoms. The second-order valence-electron chi connectivity index (χ2n) is 4.05. The van der Waals surface area contributed by atoms with Crippen molar-refractivity contribution in [2.75, 3.05) is 0 Å². The molecule has 0 fully saturated rings. The maximum atomic E-state index is 9.76. The molecule has 3 rings (SSSR count). The monoisotopic (exact) mass is 271 g/mol. The van der Waals surface area contributed by atoms with E-state index in [9.17, 15) is 5.11 Å². The molecular weight excluding hydrogens is 262 g/mol. The molecule has 0 saturated carbocycles. The molecule has 4 heteroatoms. The van der Waals surface area contributed by atoms with Gasteiger partial charge < -0.3 is 9.84 Å². The zero-order valence-electron chi connectivity index (χ0n) is 9.88. The Kier molecular flexibility index (Phi) is 2.97. The second kappa shape index (κ2) is 4.78. The Labute approximate surface area is 115 Å². The quantitative estimate of drug-likeness (QED) is 0.752. The number of aromatic hydroxyl groups is 1. The number of rotatable bonds is 2. The van der Waals surface area contributed by atoms with Crippen LogP contribution in [0.15, 0.2) is 54.6 Å². The normalized spacial score (nSPS) is 10.6. The highest BCUT2D eigenvalue weighted by atomic mass is 35.5. The maximum Gasteiger partial charge on any atom is 0.219 e. The molecule has 1 aromatic heterocycles. The van der Waals surface area contributed by atoms with Crippen LogP contribution in [0.4, 0.5) is 0 Å². The summed E-state index contributed by atoms with van der Waals surface area (Å²) in [6, 6.07) is 15.9. The highest BCUT2D eigenvalue weighted by Gasteiger charge is 2.04. The van der Waals surface area contributed by atoms with Crippen LogP contribution < -0.4 is 4.74 Å². The molecule has 0 atom stereocenters. The number of halogens is 1. The van der Waals surface area contributed by atoms with Gasteiger partial charge in [0.15, 0.2) is 0 Å². The van der Waals surface area contributed by atoms with E-state index >= 15 is 0 Å². The summed E-state index contributed by atoms with van der Waals surface area (Å²) in [4.78, 5) is 4.29. The van der Waals surface area contributed by atoms with Crippen molar-refractivity contribution in [2.45, 2.75) is 0 Å². The van der Waals surface area contributed by atoms with Gasteiger partial charge in [-0.1, -0.05) is 23.7 Å². The molecule has 2 aromatic carbocycles. The van der Waals surface area contributed by atoms with Crippen LogP contribution in [0, 0.1) is 0 Å².